The fraction of sp³-hybridized carbons (Fsp3) is 0.0526. The third-order valence-electron chi connectivity index (χ3n) is 3.35. The first kappa shape index (κ1) is 15.6. The fourth-order valence-electron chi connectivity index (χ4n) is 2.20. The zero-order valence-electron chi connectivity index (χ0n) is 12.9. The number of para-hydroxylation sites is 1. The van der Waals surface area contributed by atoms with Crippen LogP contribution in [-0.2, 0) is 11.4 Å². The van der Waals surface area contributed by atoms with E-state index in [4.69, 9.17) is 9.84 Å². The second-order valence-electron chi connectivity index (χ2n) is 5.12. The lowest BCUT2D eigenvalue weighted by molar-refractivity contribution is -0.131. The molecule has 3 aromatic rings. The van der Waals surface area contributed by atoms with Crippen LogP contribution in [0.3, 0.4) is 0 Å². The first-order valence-electron chi connectivity index (χ1n) is 7.45. The van der Waals surface area contributed by atoms with E-state index in [9.17, 15) is 4.79 Å². The van der Waals surface area contributed by atoms with Gasteiger partial charge in [-0.05, 0) is 23.8 Å². The second-order valence-corrected chi connectivity index (χ2v) is 5.12. The van der Waals surface area contributed by atoms with Crippen molar-refractivity contribution in [2.45, 2.75) is 6.61 Å². The minimum atomic E-state index is -1.02. The van der Waals surface area contributed by atoms with Gasteiger partial charge in [-0.15, -0.1) is 5.10 Å². The Labute approximate surface area is 139 Å². The molecule has 0 aliphatic carbocycles. The first-order valence-corrected chi connectivity index (χ1v) is 7.45. The Hall–Kier alpha value is -3.34. The van der Waals surface area contributed by atoms with E-state index in [1.165, 1.54) is 6.08 Å². The smallest absolute Gasteiger partial charge is 0.328 e. The molecule has 0 spiro atoms. The van der Waals surface area contributed by atoms with Gasteiger partial charge in [-0.25, -0.2) is 9.48 Å². The van der Waals surface area contributed by atoms with Crippen molar-refractivity contribution in [3.8, 4) is 11.6 Å². The van der Waals surface area contributed by atoms with E-state index in [0.717, 1.165) is 17.3 Å². The summed E-state index contributed by atoms with van der Waals surface area (Å²) in [6, 6.07) is 19.3. The Morgan fingerprint density at radius 3 is 2.42 bits per heavy atom. The molecule has 3 rings (SSSR count). The number of benzene rings is 2. The molecule has 24 heavy (non-hydrogen) atoms. The molecule has 120 valence electrons. The van der Waals surface area contributed by atoms with Crippen LogP contribution in [0.4, 0.5) is 0 Å². The summed E-state index contributed by atoms with van der Waals surface area (Å²) in [6.07, 6.45) is 4.30. The maximum atomic E-state index is 10.8. The highest BCUT2D eigenvalue weighted by Crippen LogP contribution is 2.21. The lowest BCUT2D eigenvalue weighted by Crippen LogP contribution is -1.98. The van der Waals surface area contributed by atoms with E-state index in [2.05, 4.69) is 5.10 Å². The molecule has 1 heterocycles. The highest BCUT2D eigenvalue weighted by Gasteiger charge is 2.10. The van der Waals surface area contributed by atoms with Gasteiger partial charge in [0.25, 0.3) is 0 Å². The number of aliphatic carboxylic acids is 1. The Morgan fingerprint density at radius 2 is 1.75 bits per heavy atom. The van der Waals surface area contributed by atoms with Crippen molar-refractivity contribution in [1.29, 1.82) is 0 Å². The Kier molecular flexibility index (Phi) is 4.72. The van der Waals surface area contributed by atoms with Crippen LogP contribution in [0.5, 0.6) is 5.88 Å². The Bertz CT molecular complexity index is 840. The van der Waals surface area contributed by atoms with Crippen molar-refractivity contribution >= 4 is 12.0 Å². The number of nitrogens with zero attached hydrogens (tertiary/aromatic N) is 2. The highest BCUT2D eigenvalue weighted by molar-refractivity contribution is 5.85. The zero-order valence-corrected chi connectivity index (χ0v) is 12.9. The normalized spacial score (nSPS) is 10.8. The van der Waals surface area contributed by atoms with E-state index in [0.29, 0.717) is 18.1 Å². The topological polar surface area (TPSA) is 64.3 Å². The number of hydrogen-bond donors (Lipinski definition) is 1. The number of carboxylic acids is 1. The summed E-state index contributed by atoms with van der Waals surface area (Å²) in [5.74, 6) is -0.628. The van der Waals surface area contributed by atoms with Crippen molar-refractivity contribution < 1.29 is 14.6 Å². The van der Waals surface area contributed by atoms with E-state index in [1.807, 2.05) is 60.7 Å². The lowest BCUT2D eigenvalue weighted by atomic mass is 10.2. The molecule has 0 atom stereocenters. The third-order valence-corrected chi connectivity index (χ3v) is 3.35. The Balaban J connectivity index is 1.87. The Morgan fingerprint density at radius 1 is 1.08 bits per heavy atom. The molecule has 5 nitrogen and oxygen atoms in total. The quantitative estimate of drug-likeness (QED) is 0.706. The number of aromatic nitrogens is 2. The molecule has 0 bridgehead atoms. The molecule has 1 N–H and O–H groups in total. The molecule has 0 aliphatic rings. The van der Waals surface area contributed by atoms with Gasteiger partial charge in [0.05, 0.1) is 11.3 Å². The van der Waals surface area contributed by atoms with E-state index < -0.39 is 5.97 Å². The van der Waals surface area contributed by atoms with Gasteiger partial charge in [-0.3, -0.25) is 0 Å². The standard InChI is InChI=1S/C19H16N2O3/c22-18(23)12-11-16-13-21(17-9-5-2-6-10-17)20-19(16)24-14-15-7-3-1-4-8-15/h1-13H,14H2,(H,22,23)/b12-11+. The largest absolute Gasteiger partial charge is 0.478 e. The number of carbonyl (C=O) groups is 1. The molecule has 0 saturated heterocycles. The van der Waals surface area contributed by atoms with Crippen LogP contribution in [0.2, 0.25) is 0 Å². The fourth-order valence-corrected chi connectivity index (χ4v) is 2.20. The van der Waals surface area contributed by atoms with Gasteiger partial charge in [-0.2, -0.15) is 0 Å². The van der Waals surface area contributed by atoms with E-state index in [-0.39, 0.29) is 0 Å². The van der Waals surface area contributed by atoms with Crippen molar-refractivity contribution in [2.75, 3.05) is 0 Å². The molecule has 0 radical (unpaired) electrons. The molecule has 0 aliphatic heterocycles. The summed E-state index contributed by atoms with van der Waals surface area (Å²) in [7, 11) is 0. The minimum absolute atomic E-state index is 0.362. The predicted molar refractivity (Wildman–Crippen MR) is 91.0 cm³/mol. The van der Waals surface area contributed by atoms with Gasteiger partial charge < -0.3 is 9.84 Å². The molecule has 0 saturated carbocycles. The molecule has 2 aromatic carbocycles. The van der Waals surface area contributed by atoms with Crippen LogP contribution in [-0.4, -0.2) is 20.9 Å². The van der Waals surface area contributed by atoms with Crippen LogP contribution in [0.25, 0.3) is 11.8 Å². The van der Waals surface area contributed by atoms with Crippen LogP contribution in [0.15, 0.2) is 72.9 Å². The summed E-state index contributed by atoms with van der Waals surface area (Å²) in [6.45, 7) is 0.362. The number of carboxylic acid groups (broad SMARTS) is 1. The van der Waals surface area contributed by atoms with Crippen LogP contribution in [0.1, 0.15) is 11.1 Å². The molecule has 0 amide bonds. The summed E-state index contributed by atoms with van der Waals surface area (Å²) in [5.41, 5.74) is 2.49. The van der Waals surface area contributed by atoms with Gasteiger partial charge >= 0.3 is 5.97 Å². The van der Waals surface area contributed by atoms with Gasteiger partial charge in [0, 0.05) is 12.3 Å². The predicted octanol–water partition coefficient (Wildman–Crippen LogP) is 3.55. The average Bonchev–Trinajstić information content (AvgIpc) is 3.03. The maximum absolute atomic E-state index is 10.8. The maximum Gasteiger partial charge on any atom is 0.328 e. The molecular formula is C19H16N2O3. The molecule has 5 heteroatoms. The number of hydrogen-bond acceptors (Lipinski definition) is 3. The molecule has 0 fully saturated rings. The third kappa shape index (κ3) is 3.89. The van der Waals surface area contributed by atoms with Crippen molar-refractivity contribution in [3.63, 3.8) is 0 Å². The summed E-state index contributed by atoms with van der Waals surface area (Å²) in [4.78, 5) is 10.8. The SMILES string of the molecule is O=C(O)/C=C/c1cn(-c2ccccc2)nc1OCc1ccccc1. The second kappa shape index (κ2) is 7.28. The minimum Gasteiger partial charge on any atom is -0.478 e. The van der Waals surface area contributed by atoms with Crippen LogP contribution in [0, 0.1) is 0 Å². The first-order chi connectivity index (χ1) is 11.7. The van der Waals surface area contributed by atoms with Crippen LogP contribution < -0.4 is 4.74 Å². The van der Waals surface area contributed by atoms with Crippen molar-refractivity contribution in [3.05, 3.63) is 84.1 Å². The highest BCUT2D eigenvalue weighted by atomic mass is 16.5. The van der Waals surface area contributed by atoms with E-state index in [1.54, 1.807) is 10.9 Å². The molecular weight excluding hydrogens is 304 g/mol. The van der Waals surface area contributed by atoms with Crippen molar-refractivity contribution in [1.82, 2.24) is 9.78 Å². The summed E-state index contributed by atoms with van der Waals surface area (Å²) < 4.78 is 7.45. The summed E-state index contributed by atoms with van der Waals surface area (Å²) in [5, 5.41) is 13.3. The van der Waals surface area contributed by atoms with Gasteiger partial charge in [-0.1, -0.05) is 48.5 Å². The number of ether oxygens (including phenoxy) is 1. The summed E-state index contributed by atoms with van der Waals surface area (Å²) >= 11 is 0. The van der Waals surface area contributed by atoms with Crippen LogP contribution >= 0.6 is 0 Å². The average molecular weight is 320 g/mol. The van der Waals surface area contributed by atoms with Crippen molar-refractivity contribution in [2.24, 2.45) is 0 Å². The van der Waals surface area contributed by atoms with E-state index >= 15 is 0 Å². The van der Waals surface area contributed by atoms with Gasteiger partial charge in [0.1, 0.15) is 6.61 Å². The monoisotopic (exact) mass is 320 g/mol. The van der Waals surface area contributed by atoms with Gasteiger partial charge in [0.2, 0.25) is 5.88 Å². The van der Waals surface area contributed by atoms with Gasteiger partial charge in [0.15, 0.2) is 0 Å². The lowest BCUT2D eigenvalue weighted by Gasteiger charge is -2.04. The number of rotatable bonds is 6. The molecule has 1 aromatic heterocycles. The zero-order chi connectivity index (χ0) is 16.8. The molecule has 0 unspecified atom stereocenters.